The highest BCUT2D eigenvalue weighted by Gasteiger charge is 2.57. The Morgan fingerprint density at radius 3 is 2.35 bits per heavy atom. The highest BCUT2D eigenvalue weighted by Crippen LogP contribution is 2.59. The van der Waals surface area contributed by atoms with Crippen LogP contribution in [0.4, 0.5) is 0 Å². The van der Waals surface area contributed by atoms with Crippen molar-refractivity contribution in [2.24, 2.45) is 5.41 Å². The summed E-state index contributed by atoms with van der Waals surface area (Å²) in [5, 5.41) is 23.8. The Labute approximate surface area is 303 Å². The van der Waals surface area contributed by atoms with Gasteiger partial charge in [-0.2, -0.15) is 0 Å². The van der Waals surface area contributed by atoms with E-state index in [0.29, 0.717) is 67.0 Å². The highest BCUT2D eigenvalue weighted by atomic mass is 16.5. The maximum atomic E-state index is 14.3. The van der Waals surface area contributed by atoms with Gasteiger partial charge in [-0.1, -0.05) is 43.7 Å². The number of fused-ring (bicyclic) bond motifs is 8. The summed E-state index contributed by atoms with van der Waals surface area (Å²) < 4.78 is 16.2. The molecule has 3 aromatic rings. The van der Waals surface area contributed by atoms with Crippen molar-refractivity contribution in [2.75, 3.05) is 34.4 Å². The first-order valence-electron chi connectivity index (χ1n) is 18.3. The van der Waals surface area contributed by atoms with Gasteiger partial charge >= 0.3 is 0 Å². The first kappa shape index (κ1) is 38.1. The van der Waals surface area contributed by atoms with E-state index in [0.717, 1.165) is 36.0 Å². The molecule has 51 heavy (non-hydrogen) atoms. The van der Waals surface area contributed by atoms with E-state index in [4.69, 9.17) is 14.2 Å². The van der Waals surface area contributed by atoms with Gasteiger partial charge in [0.1, 0.15) is 5.75 Å². The molecule has 3 aliphatic rings. The van der Waals surface area contributed by atoms with E-state index < -0.39 is 17.1 Å². The third kappa shape index (κ3) is 8.34. The molecule has 4 atom stereocenters. The van der Waals surface area contributed by atoms with Crippen LogP contribution in [0.1, 0.15) is 104 Å². The van der Waals surface area contributed by atoms with Crippen molar-refractivity contribution in [3.05, 3.63) is 100 Å². The maximum absolute atomic E-state index is 14.3. The van der Waals surface area contributed by atoms with E-state index >= 15 is 0 Å². The molecule has 274 valence electrons. The Morgan fingerprint density at radius 2 is 1.67 bits per heavy atom. The Balaban J connectivity index is 1.53. The summed E-state index contributed by atoms with van der Waals surface area (Å²) in [6, 6.07) is 18.7. The average molecular weight is 698 g/mol. The Kier molecular flexibility index (Phi) is 12.3. The molecule has 0 spiro atoms. The first-order valence-corrected chi connectivity index (χ1v) is 18.3. The van der Waals surface area contributed by atoms with Crippen molar-refractivity contribution >= 4 is 11.7 Å². The van der Waals surface area contributed by atoms with Crippen LogP contribution in [0.3, 0.4) is 0 Å². The fourth-order valence-electron chi connectivity index (χ4n) is 8.25. The molecule has 6 rings (SSSR count). The van der Waals surface area contributed by atoms with Gasteiger partial charge in [0, 0.05) is 29.6 Å². The molecule has 2 N–H and O–H groups in total. The average Bonchev–Trinajstić information content (AvgIpc) is 3.38. The molecule has 1 fully saturated rings. The molecule has 0 heterocycles. The third-order valence-electron chi connectivity index (χ3n) is 11.4. The molecule has 0 aliphatic heterocycles. The molecular formula is C43H55NO7. The van der Waals surface area contributed by atoms with E-state index in [-0.39, 0.29) is 30.6 Å². The van der Waals surface area contributed by atoms with Crippen LogP contribution in [0.25, 0.3) is 0 Å². The SMILES string of the molecule is CCCN(C[C@]1(O)CC[C@H]2c3ccc(cc3C(=O)c3ccc(OC)cc3)C[C@@H](O)CCC(C)=CCC[C@@]21C)C(=O)Cc1ccc(OC)c(OC)c1. The number of amides is 1. The van der Waals surface area contributed by atoms with Crippen molar-refractivity contribution in [3.8, 4) is 17.2 Å². The molecule has 1 saturated carbocycles. The summed E-state index contributed by atoms with van der Waals surface area (Å²) >= 11 is 0. The maximum Gasteiger partial charge on any atom is 0.227 e. The molecule has 1 amide bonds. The van der Waals surface area contributed by atoms with Crippen LogP contribution in [-0.4, -0.2) is 72.9 Å². The topological polar surface area (TPSA) is 106 Å². The van der Waals surface area contributed by atoms with Crippen LogP contribution < -0.4 is 14.2 Å². The zero-order valence-corrected chi connectivity index (χ0v) is 31.2. The van der Waals surface area contributed by atoms with Gasteiger partial charge in [-0.15, -0.1) is 0 Å². The molecule has 0 aromatic heterocycles. The summed E-state index contributed by atoms with van der Waals surface area (Å²) in [6.07, 6.45) is 7.08. The van der Waals surface area contributed by atoms with Crippen molar-refractivity contribution in [3.63, 3.8) is 0 Å². The van der Waals surface area contributed by atoms with Gasteiger partial charge in [-0.25, -0.2) is 0 Å². The number of hydrogen-bond donors (Lipinski definition) is 2. The smallest absolute Gasteiger partial charge is 0.227 e. The van der Waals surface area contributed by atoms with Gasteiger partial charge in [0.15, 0.2) is 17.3 Å². The summed E-state index contributed by atoms with van der Waals surface area (Å²) in [6.45, 7) is 7.03. The summed E-state index contributed by atoms with van der Waals surface area (Å²) in [7, 11) is 4.76. The lowest BCUT2D eigenvalue weighted by molar-refractivity contribution is -0.139. The molecule has 3 aliphatic carbocycles. The van der Waals surface area contributed by atoms with Gasteiger partial charge in [0.2, 0.25) is 5.91 Å². The Morgan fingerprint density at radius 1 is 0.922 bits per heavy atom. The predicted molar refractivity (Wildman–Crippen MR) is 200 cm³/mol. The van der Waals surface area contributed by atoms with Crippen molar-refractivity contribution in [1.29, 1.82) is 0 Å². The van der Waals surface area contributed by atoms with Crippen molar-refractivity contribution < 1.29 is 34.0 Å². The molecule has 3 aromatic carbocycles. The normalized spacial score (nSPS) is 23.5. The summed E-state index contributed by atoms with van der Waals surface area (Å²) in [4.78, 5) is 30.2. The quantitative estimate of drug-likeness (QED) is 0.158. The Bertz CT molecular complexity index is 1720. The number of hydrogen-bond acceptors (Lipinski definition) is 7. The van der Waals surface area contributed by atoms with E-state index in [9.17, 15) is 19.8 Å². The lowest BCUT2D eigenvalue weighted by Gasteiger charge is -2.46. The van der Waals surface area contributed by atoms with Gasteiger partial charge < -0.3 is 29.3 Å². The number of aliphatic hydroxyl groups is 2. The number of methoxy groups -OCH3 is 3. The number of carbonyl (C=O) groups excluding carboxylic acids is 2. The molecule has 2 bridgehead atoms. The standard InChI is InChI=1S/C43H55NO7/c1-7-23-44(40(46)27-31-12-19-38(50-5)39(26-31)51-6)28-43(48)22-20-37-35-18-11-30(24-33(45)15-10-29(2)9-8-21-42(37,43)3)25-36(35)41(47)32-13-16-34(49-4)17-14-32/h9,11-14,16-19,25-26,33,37,45,48H,7-8,10,15,20-24,27-28H2,1-6H3/t33-,37-,42-,43+/m0/s1. The number of benzene rings is 3. The van der Waals surface area contributed by atoms with E-state index in [1.165, 1.54) is 5.57 Å². The van der Waals surface area contributed by atoms with Gasteiger partial charge in [-0.3, -0.25) is 9.59 Å². The minimum Gasteiger partial charge on any atom is -0.497 e. The van der Waals surface area contributed by atoms with Gasteiger partial charge in [-0.05, 0) is 123 Å². The van der Waals surface area contributed by atoms with E-state index in [2.05, 4.69) is 19.9 Å². The zero-order chi connectivity index (χ0) is 36.8. The lowest BCUT2D eigenvalue weighted by Crippen LogP contribution is -2.54. The summed E-state index contributed by atoms with van der Waals surface area (Å²) in [5.41, 5.74) is 3.15. The number of ketones is 1. The molecule has 0 saturated heterocycles. The van der Waals surface area contributed by atoms with Gasteiger partial charge in [0.25, 0.3) is 0 Å². The number of nitrogens with zero attached hydrogens (tertiary/aromatic N) is 1. The van der Waals surface area contributed by atoms with Crippen molar-refractivity contribution in [2.45, 2.75) is 96.2 Å². The number of aliphatic hydroxyl groups excluding tert-OH is 1. The first-order chi connectivity index (χ1) is 24.4. The lowest BCUT2D eigenvalue weighted by atomic mass is 9.64. The number of carbonyl (C=O) groups is 2. The minimum absolute atomic E-state index is 0.0561. The largest absolute Gasteiger partial charge is 0.497 e. The molecule has 0 radical (unpaired) electrons. The van der Waals surface area contributed by atoms with Crippen molar-refractivity contribution in [1.82, 2.24) is 4.90 Å². The van der Waals surface area contributed by atoms with Crippen LogP contribution in [-0.2, 0) is 17.6 Å². The number of ether oxygens (including phenoxy) is 3. The summed E-state index contributed by atoms with van der Waals surface area (Å²) in [5.74, 6) is 1.55. The van der Waals surface area contributed by atoms with Crippen LogP contribution in [0.2, 0.25) is 0 Å². The fourth-order valence-corrected chi connectivity index (χ4v) is 8.25. The fraction of sp³-hybridized carbons (Fsp3) is 0.488. The number of allylic oxidation sites excluding steroid dienone is 2. The highest BCUT2D eigenvalue weighted by molar-refractivity contribution is 6.10. The molecular weight excluding hydrogens is 642 g/mol. The molecule has 0 unspecified atom stereocenters. The zero-order valence-electron chi connectivity index (χ0n) is 31.2. The van der Waals surface area contributed by atoms with E-state index in [1.54, 1.807) is 45.6 Å². The molecule has 8 nitrogen and oxygen atoms in total. The number of rotatable bonds is 11. The predicted octanol–water partition coefficient (Wildman–Crippen LogP) is 7.46. The van der Waals surface area contributed by atoms with E-state index in [1.807, 2.05) is 48.2 Å². The van der Waals surface area contributed by atoms with Gasteiger partial charge in [0.05, 0.1) is 39.5 Å². The van der Waals surface area contributed by atoms with Crippen LogP contribution in [0.15, 0.2) is 72.3 Å². The monoisotopic (exact) mass is 697 g/mol. The second-order valence-corrected chi connectivity index (χ2v) is 14.7. The van der Waals surface area contributed by atoms with Crippen LogP contribution >= 0.6 is 0 Å². The Hall–Kier alpha value is -4.14. The second-order valence-electron chi connectivity index (χ2n) is 14.7. The van der Waals surface area contributed by atoms with Crippen LogP contribution in [0.5, 0.6) is 17.2 Å². The molecule has 8 heteroatoms. The minimum atomic E-state index is -1.20. The third-order valence-corrected chi connectivity index (χ3v) is 11.4. The van der Waals surface area contributed by atoms with Crippen LogP contribution in [0, 0.1) is 5.41 Å². The second kappa shape index (κ2) is 16.5.